The van der Waals surface area contributed by atoms with E-state index in [0.717, 1.165) is 41.9 Å². The highest BCUT2D eigenvalue weighted by Crippen LogP contribution is 2.22. The van der Waals surface area contributed by atoms with E-state index in [1.807, 2.05) is 0 Å². The highest BCUT2D eigenvalue weighted by Gasteiger charge is 2.16. The van der Waals surface area contributed by atoms with Crippen LogP contribution in [0.1, 0.15) is 0 Å². The van der Waals surface area contributed by atoms with Gasteiger partial charge in [-0.05, 0) is 42.5 Å². The molecule has 0 saturated heterocycles. The molecule has 0 aliphatic carbocycles. The summed E-state index contributed by atoms with van der Waals surface area (Å²) in [5.41, 5.74) is 0.639. The molecule has 0 fully saturated rings. The van der Waals surface area contributed by atoms with Crippen LogP contribution in [0.25, 0.3) is 10.2 Å². The van der Waals surface area contributed by atoms with E-state index >= 15 is 0 Å². The van der Waals surface area contributed by atoms with Crippen molar-refractivity contribution < 1.29 is 21.2 Å². The van der Waals surface area contributed by atoms with E-state index in [2.05, 4.69) is 11.0 Å². The predicted octanol–water partition coefficient (Wildman–Crippen LogP) is 2.72. The van der Waals surface area contributed by atoms with E-state index in [9.17, 15) is 21.2 Å². The Kier molecular flexibility index (Phi) is 5.06. The largest absolute Gasteiger partial charge is 0.312 e. The number of thiazole rings is 1. The lowest BCUT2D eigenvalue weighted by Crippen LogP contribution is -2.16. The molecule has 142 valence electrons. The molecule has 10 heteroatoms. The summed E-state index contributed by atoms with van der Waals surface area (Å²) in [4.78, 5) is 0.165. The molecule has 3 aromatic rings. The summed E-state index contributed by atoms with van der Waals surface area (Å²) in [6.07, 6.45) is 2.68. The zero-order chi connectivity index (χ0) is 19.8. The minimum Gasteiger partial charge on any atom is -0.312 e. The van der Waals surface area contributed by atoms with Gasteiger partial charge in [0.25, 0.3) is 10.0 Å². The molecule has 0 spiro atoms. The third-order valence-electron chi connectivity index (χ3n) is 3.70. The van der Waals surface area contributed by atoms with Crippen molar-refractivity contribution in [2.24, 2.45) is 4.40 Å². The first-order valence-corrected chi connectivity index (χ1v) is 11.8. The summed E-state index contributed by atoms with van der Waals surface area (Å²) in [5.74, 6) is -0.550. The summed E-state index contributed by atoms with van der Waals surface area (Å²) in [6.45, 7) is 3.95. The molecule has 0 aliphatic heterocycles. The predicted molar refractivity (Wildman–Crippen MR) is 102 cm³/mol. The summed E-state index contributed by atoms with van der Waals surface area (Å²) < 4.78 is 67.8. The number of halogens is 1. The molecule has 0 bridgehead atoms. The molecular weight excluding hydrogens is 411 g/mol. The SMILES string of the molecule is C=CCn1c(=NS(=O)(=O)c2ccc(F)cc2)sc2cc(S(C)(=O)=O)ccc21. The number of rotatable bonds is 5. The van der Waals surface area contributed by atoms with Crippen molar-refractivity contribution in [1.29, 1.82) is 0 Å². The minimum atomic E-state index is -4.06. The Morgan fingerprint density at radius 1 is 1.11 bits per heavy atom. The van der Waals surface area contributed by atoms with Gasteiger partial charge < -0.3 is 4.57 Å². The lowest BCUT2D eigenvalue weighted by molar-refractivity contribution is 0.594. The summed E-state index contributed by atoms with van der Waals surface area (Å²) in [5, 5.41) is 0. The summed E-state index contributed by atoms with van der Waals surface area (Å²) in [6, 6.07) is 8.92. The Hall–Kier alpha value is -2.30. The van der Waals surface area contributed by atoms with Gasteiger partial charge in [-0.25, -0.2) is 12.8 Å². The van der Waals surface area contributed by atoms with E-state index in [0.29, 0.717) is 10.2 Å². The zero-order valence-corrected chi connectivity index (χ0v) is 16.6. The molecule has 0 radical (unpaired) electrons. The van der Waals surface area contributed by atoms with Crippen LogP contribution in [0.15, 0.2) is 69.3 Å². The molecule has 0 saturated carbocycles. The van der Waals surface area contributed by atoms with Crippen molar-refractivity contribution >= 4 is 41.4 Å². The molecule has 0 unspecified atom stereocenters. The molecule has 6 nitrogen and oxygen atoms in total. The maximum atomic E-state index is 13.1. The standard InChI is InChI=1S/C17H15FN2O4S3/c1-3-10-20-15-9-8-14(26(2,21)22)11-16(15)25-17(20)19-27(23,24)13-6-4-12(18)5-7-13/h3-9,11H,1,10H2,2H3. The molecule has 1 aromatic heterocycles. The van der Waals surface area contributed by atoms with Crippen molar-refractivity contribution in [3.05, 3.63) is 65.7 Å². The molecule has 2 aromatic carbocycles. The molecule has 0 amide bonds. The van der Waals surface area contributed by atoms with Crippen LogP contribution < -0.4 is 4.80 Å². The number of hydrogen-bond donors (Lipinski definition) is 0. The van der Waals surface area contributed by atoms with E-state index in [1.165, 1.54) is 12.1 Å². The van der Waals surface area contributed by atoms with Crippen molar-refractivity contribution in [1.82, 2.24) is 4.57 Å². The number of sulfonamides is 1. The molecule has 0 atom stereocenters. The number of sulfone groups is 1. The normalized spacial score (nSPS) is 13.2. The molecular formula is C17H15FN2O4S3. The topological polar surface area (TPSA) is 85.6 Å². The number of hydrogen-bond acceptors (Lipinski definition) is 5. The van der Waals surface area contributed by atoms with Crippen molar-refractivity contribution in [3.8, 4) is 0 Å². The van der Waals surface area contributed by atoms with Gasteiger partial charge in [-0.2, -0.15) is 8.42 Å². The van der Waals surface area contributed by atoms with Crippen LogP contribution in [0.3, 0.4) is 0 Å². The first-order chi connectivity index (χ1) is 12.6. The van der Waals surface area contributed by atoms with Crippen LogP contribution in [0, 0.1) is 5.82 Å². The smallest absolute Gasteiger partial charge is 0.285 e. The van der Waals surface area contributed by atoms with Crippen LogP contribution in [-0.2, 0) is 26.4 Å². The lowest BCUT2D eigenvalue weighted by Gasteiger charge is -2.03. The molecule has 27 heavy (non-hydrogen) atoms. The van der Waals surface area contributed by atoms with E-state index in [4.69, 9.17) is 0 Å². The third-order valence-corrected chi connectivity index (χ3v) is 7.25. The second-order valence-corrected chi connectivity index (χ2v) is 10.3. The van der Waals surface area contributed by atoms with Gasteiger partial charge >= 0.3 is 0 Å². The molecule has 3 rings (SSSR count). The third kappa shape index (κ3) is 4.02. The number of benzene rings is 2. The molecule has 1 heterocycles. The Bertz CT molecular complexity index is 1300. The van der Waals surface area contributed by atoms with Crippen LogP contribution in [0.4, 0.5) is 4.39 Å². The van der Waals surface area contributed by atoms with Crippen LogP contribution in [0.2, 0.25) is 0 Å². The monoisotopic (exact) mass is 426 g/mol. The maximum Gasteiger partial charge on any atom is 0.285 e. The molecule has 0 N–H and O–H groups in total. The highest BCUT2D eigenvalue weighted by atomic mass is 32.2. The summed E-state index contributed by atoms with van der Waals surface area (Å²) in [7, 11) is -7.46. The van der Waals surface area contributed by atoms with Gasteiger partial charge in [-0.1, -0.05) is 17.4 Å². The summed E-state index contributed by atoms with van der Waals surface area (Å²) >= 11 is 1.05. The average Bonchev–Trinajstić information content (AvgIpc) is 2.91. The maximum absolute atomic E-state index is 13.1. The Labute approximate surface area is 159 Å². The average molecular weight is 427 g/mol. The Balaban J connectivity index is 2.26. The number of aromatic nitrogens is 1. The molecule has 0 aliphatic rings. The highest BCUT2D eigenvalue weighted by molar-refractivity contribution is 7.90. The van der Waals surface area contributed by atoms with Gasteiger partial charge in [0, 0.05) is 12.8 Å². The fourth-order valence-corrected chi connectivity index (χ4v) is 5.43. The van der Waals surface area contributed by atoms with Crippen LogP contribution >= 0.6 is 11.3 Å². The van der Waals surface area contributed by atoms with Gasteiger partial charge in [-0.15, -0.1) is 11.0 Å². The van der Waals surface area contributed by atoms with Gasteiger partial charge in [0.2, 0.25) is 4.80 Å². The second kappa shape index (κ2) is 7.02. The van der Waals surface area contributed by atoms with Crippen molar-refractivity contribution in [3.63, 3.8) is 0 Å². The van der Waals surface area contributed by atoms with Gasteiger partial charge in [-0.3, -0.25) is 0 Å². The van der Waals surface area contributed by atoms with E-state index in [1.54, 1.807) is 16.7 Å². The first-order valence-electron chi connectivity index (χ1n) is 7.63. The lowest BCUT2D eigenvalue weighted by atomic mass is 10.3. The number of nitrogens with zero attached hydrogens (tertiary/aromatic N) is 2. The second-order valence-electron chi connectivity index (χ2n) is 5.71. The van der Waals surface area contributed by atoms with Crippen molar-refractivity contribution in [2.75, 3.05) is 6.26 Å². The van der Waals surface area contributed by atoms with Gasteiger partial charge in [0.15, 0.2) is 9.84 Å². The number of fused-ring (bicyclic) bond motifs is 1. The van der Waals surface area contributed by atoms with Gasteiger partial charge in [0.05, 0.1) is 20.0 Å². The minimum absolute atomic E-state index is 0.134. The van der Waals surface area contributed by atoms with Crippen molar-refractivity contribution in [2.45, 2.75) is 16.3 Å². The first kappa shape index (κ1) is 19.5. The Morgan fingerprint density at radius 3 is 2.33 bits per heavy atom. The Morgan fingerprint density at radius 2 is 1.74 bits per heavy atom. The zero-order valence-electron chi connectivity index (χ0n) is 14.2. The van der Waals surface area contributed by atoms with Crippen LogP contribution in [0.5, 0.6) is 0 Å². The van der Waals surface area contributed by atoms with Crippen LogP contribution in [-0.4, -0.2) is 27.7 Å². The quantitative estimate of drug-likeness (QED) is 0.587. The fraction of sp³-hybridized carbons (Fsp3) is 0.118. The van der Waals surface area contributed by atoms with E-state index in [-0.39, 0.29) is 21.1 Å². The number of allylic oxidation sites excluding steroid dienone is 1. The van der Waals surface area contributed by atoms with Gasteiger partial charge in [0.1, 0.15) is 5.82 Å². The van der Waals surface area contributed by atoms with E-state index < -0.39 is 25.7 Å². The fourth-order valence-electron chi connectivity index (χ4n) is 2.42.